The van der Waals surface area contributed by atoms with E-state index in [0.29, 0.717) is 5.78 Å². The van der Waals surface area contributed by atoms with Crippen LogP contribution in [0.3, 0.4) is 0 Å². The lowest BCUT2D eigenvalue weighted by Crippen LogP contribution is -2.67. The number of Topliss-reactive ketones (excluding diaryl/α,β-unsaturated/α-hetero) is 1. The van der Waals surface area contributed by atoms with Crippen molar-refractivity contribution in [2.45, 2.75) is 20.4 Å². The quantitative estimate of drug-likeness (QED) is 0.876. The molecule has 102 valence electrons. The molecule has 0 aromatic heterocycles. The van der Waals surface area contributed by atoms with Gasteiger partial charge in [-0.3, -0.25) is 9.69 Å². The molecular weight excluding hydrogens is 236 g/mol. The minimum atomic E-state index is -0.222. The van der Waals surface area contributed by atoms with Gasteiger partial charge in [-0.2, -0.15) is 0 Å². The van der Waals surface area contributed by atoms with Gasteiger partial charge in [0.2, 0.25) is 0 Å². The molecule has 1 N–H and O–H groups in total. The first-order valence-electron chi connectivity index (χ1n) is 7.04. The lowest BCUT2D eigenvalue weighted by Gasteiger charge is -2.52. The van der Waals surface area contributed by atoms with Gasteiger partial charge in [-0.25, -0.2) is 0 Å². The maximum absolute atomic E-state index is 12.6. The summed E-state index contributed by atoms with van der Waals surface area (Å²) in [6.45, 7) is 8.51. The second-order valence-corrected chi connectivity index (χ2v) is 6.68. The topological polar surface area (TPSA) is 32.3 Å². The first-order valence-corrected chi connectivity index (χ1v) is 7.04. The number of piperidine rings is 2. The third-order valence-electron chi connectivity index (χ3n) is 4.52. The predicted octanol–water partition coefficient (Wildman–Crippen LogP) is 1.69. The molecule has 0 amide bonds. The number of nitrogens with zero attached hydrogens (tertiary/aromatic N) is 1. The summed E-state index contributed by atoms with van der Waals surface area (Å²) >= 11 is 0. The smallest absolute Gasteiger partial charge is 0.149 e. The summed E-state index contributed by atoms with van der Waals surface area (Å²) in [5.74, 6) is 0.447. The van der Waals surface area contributed by atoms with Gasteiger partial charge in [0, 0.05) is 32.7 Å². The van der Waals surface area contributed by atoms with Crippen molar-refractivity contribution in [1.29, 1.82) is 0 Å². The van der Waals surface area contributed by atoms with Crippen molar-refractivity contribution >= 4 is 5.78 Å². The summed E-state index contributed by atoms with van der Waals surface area (Å²) in [5, 5.41) is 3.44. The van der Waals surface area contributed by atoms with E-state index in [9.17, 15) is 4.79 Å². The third kappa shape index (κ3) is 2.21. The fourth-order valence-electron chi connectivity index (χ4n) is 3.76. The Kier molecular flexibility index (Phi) is 2.99. The zero-order valence-corrected chi connectivity index (χ0v) is 11.8. The Labute approximate surface area is 115 Å². The van der Waals surface area contributed by atoms with Crippen LogP contribution < -0.4 is 5.32 Å². The zero-order chi connectivity index (χ0) is 13.5. The van der Waals surface area contributed by atoms with Gasteiger partial charge >= 0.3 is 0 Å². The molecule has 2 atom stereocenters. The minimum absolute atomic E-state index is 0.222. The van der Waals surface area contributed by atoms with Crippen LogP contribution >= 0.6 is 0 Å². The Morgan fingerprint density at radius 3 is 2.26 bits per heavy atom. The van der Waals surface area contributed by atoms with Gasteiger partial charge in [-0.15, -0.1) is 0 Å². The van der Waals surface area contributed by atoms with Crippen molar-refractivity contribution in [3.05, 3.63) is 35.9 Å². The Morgan fingerprint density at radius 2 is 1.68 bits per heavy atom. The first kappa shape index (κ1) is 12.8. The molecule has 2 aliphatic rings. The van der Waals surface area contributed by atoms with Crippen LogP contribution in [-0.4, -0.2) is 36.9 Å². The fourth-order valence-corrected chi connectivity index (χ4v) is 3.76. The molecule has 1 aromatic carbocycles. The van der Waals surface area contributed by atoms with Crippen molar-refractivity contribution < 1.29 is 4.79 Å². The molecule has 2 saturated heterocycles. The molecule has 3 nitrogen and oxygen atoms in total. The van der Waals surface area contributed by atoms with Crippen LogP contribution in [0, 0.1) is 10.8 Å². The second kappa shape index (κ2) is 4.43. The van der Waals surface area contributed by atoms with Crippen molar-refractivity contribution in [3.63, 3.8) is 0 Å². The summed E-state index contributed by atoms with van der Waals surface area (Å²) < 4.78 is 0. The van der Waals surface area contributed by atoms with Gasteiger partial charge in [0.1, 0.15) is 5.78 Å². The lowest BCUT2D eigenvalue weighted by atomic mass is 9.65. The standard InChI is InChI=1S/C16H22N2O/c1-15-9-17-10-16(2,14(15)19)12-18(11-15)8-13-6-4-3-5-7-13/h3-7,17H,8-12H2,1-2H3/t15-,16+. The first-order chi connectivity index (χ1) is 9.02. The molecule has 0 aliphatic carbocycles. The molecule has 19 heavy (non-hydrogen) atoms. The SMILES string of the molecule is C[C@]12CNC[C@](C)(CN(Cc3ccccc3)C1)C2=O. The molecule has 0 saturated carbocycles. The number of rotatable bonds is 2. The second-order valence-electron chi connectivity index (χ2n) is 6.68. The van der Waals surface area contributed by atoms with Crippen molar-refractivity contribution in [3.8, 4) is 0 Å². The number of fused-ring (bicyclic) bond motifs is 2. The van der Waals surface area contributed by atoms with E-state index < -0.39 is 0 Å². The number of benzene rings is 1. The van der Waals surface area contributed by atoms with Crippen LogP contribution in [0.5, 0.6) is 0 Å². The highest BCUT2D eigenvalue weighted by atomic mass is 16.1. The van der Waals surface area contributed by atoms with E-state index >= 15 is 0 Å². The summed E-state index contributed by atoms with van der Waals surface area (Å²) in [4.78, 5) is 15.0. The maximum atomic E-state index is 12.6. The highest BCUT2D eigenvalue weighted by molar-refractivity contribution is 5.92. The highest BCUT2D eigenvalue weighted by Crippen LogP contribution is 2.39. The molecule has 2 fully saturated rings. The Morgan fingerprint density at radius 1 is 1.11 bits per heavy atom. The molecule has 0 spiro atoms. The largest absolute Gasteiger partial charge is 0.315 e. The van der Waals surface area contributed by atoms with Gasteiger partial charge in [0.25, 0.3) is 0 Å². The third-order valence-corrected chi connectivity index (χ3v) is 4.52. The van der Waals surface area contributed by atoms with E-state index in [1.165, 1.54) is 5.56 Å². The van der Waals surface area contributed by atoms with Crippen LogP contribution in [0.4, 0.5) is 0 Å². The number of likely N-dealkylation sites (tertiary alicyclic amines) is 1. The number of nitrogens with one attached hydrogen (secondary N) is 1. The van der Waals surface area contributed by atoms with Gasteiger partial charge in [-0.1, -0.05) is 44.2 Å². The lowest BCUT2D eigenvalue weighted by molar-refractivity contribution is -0.150. The average molecular weight is 258 g/mol. The fraction of sp³-hybridized carbons (Fsp3) is 0.562. The molecule has 2 bridgehead atoms. The monoisotopic (exact) mass is 258 g/mol. The van der Waals surface area contributed by atoms with Crippen LogP contribution in [0.25, 0.3) is 0 Å². The highest BCUT2D eigenvalue weighted by Gasteiger charge is 2.53. The Bertz CT molecular complexity index is 465. The average Bonchev–Trinajstić information content (AvgIpc) is 2.35. The number of ketones is 1. The van der Waals surface area contributed by atoms with Gasteiger partial charge in [0.15, 0.2) is 0 Å². The summed E-state index contributed by atoms with van der Waals surface area (Å²) in [6, 6.07) is 10.5. The molecule has 1 aromatic rings. The number of hydrogen-bond acceptors (Lipinski definition) is 3. The Hall–Kier alpha value is -1.19. The number of carbonyl (C=O) groups is 1. The summed E-state index contributed by atoms with van der Waals surface area (Å²) in [7, 11) is 0. The molecule has 0 radical (unpaired) electrons. The van der Waals surface area contributed by atoms with Crippen LogP contribution in [0.2, 0.25) is 0 Å². The van der Waals surface area contributed by atoms with Gasteiger partial charge < -0.3 is 5.32 Å². The van der Waals surface area contributed by atoms with Crippen molar-refractivity contribution in [2.24, 2.45) is 10.8 Å². The van der Waals surface area contributed by atoms with E-state index in [2.05, 4.69) is 48.3 Å². The minimum Gasteiger partial charge on any atom is -0.315 e. The van der Waals surface area contributed by atoms with Crippen molar-refractivity contribution in [1.82, 2.24) is 10.2 Å². The molecule has 3 rings (SSSR count). The summed E-state index contributed by atoms with van der Waals surface area (Å²) in [5.41, 5.74) is 0.884. The van der Waals surface area contributed by atoms with E-state index in [4.69, 9.17) is 0 Å². The van der Waals surface area contributed by atoms with E-state index in [0.717, 1.165) is 32.7 Å². The zero-order valence-electron chi connectivity index (χ0n) is 11.8. The molecule has 0 unspecified atom stereocenters. The van der Waals surface area contributed by atoms with Gasteiger partial charge in [-0.05, 0) is 5.56 Å². The molecular formula is C16H22N2O. The predicted molar refractivity (Wildman–Crippen MR) is 75.8 cm³/mol. The molecule has 2 heterocycles. The van der Waals surface area contributed by atoms with Crippen LogP contribution in [0.1, 0.15) is 19.4 Å². The molecule has 3 heteroatoms. The van der Waals surface area contributed by atoms with Gasteiger partial charge in [0.05, 0.1) is 10.8 Å². The van der Waals surface area contributed by atoms with Crippen molar-refractivity contribution in [2.75, 3.05) is 26.2 Å². The number of carbonyl (C=O) groups excluding carboxylic acids is 1. The van der Waals surface area contributed by atoms with E-state index in [1.54, 1.807) is 0 Å². The van der Waals surface area contributed by atoms with Crippen LogP contribution in [0.15, 0.2) is 30.3 Å². The normalized spacial score (nSPS) is 35.4. The van der Waals surface area contributed by atoms with E-state index in [-0.39, 0.29) is 10.8 Å². The molecule has 2 aliphatic heterocycles. The Balaban J connectivity index is 1.81. The maximum Gasteiger partial charge on any atom is 0.149 e. The van der Waals surface area contributed by atoms with E-state index in [1.807, 2.05) is 6.07 Å². The summed E-state index contributed by atoms with van der Waals surface area (Å²) in [6.07, 6.45) is 0. The number of hydrogen-bond donors (Lipinski definition) is 1. The van der Waals surface area contributed by atoms with Crippen LogP contribution in [-0.2, 0) is 11.3 Å².